The van der Waals surface area contributed by atoms with E-state index < -0.39 is 0 Å². The quantitative estimate of drug-likeness (QED) is 0.898. The van der Waals surface area contributed by atoms with E-state index in [1.165, 1.54) is 6.42 Å². The molecule has 3 nitrogen and oxygen atoms in total. The van der Waals surface area contributed by atoms with Gasteiger partial charge in [0.05, 0.1) is 23.8 Å². The number of nitriles is 1. The first-order chi connectivity index (χ1) is 10.3. The van der Waals surface area contributed by atoms with E-state index in [0.717, 1.165) is 42.1 Å². The predicted octanol–water partition coefficient (Wildman–Crippen LogP) is 3.82. The van der Waals surface area contributed by atoms with E-state index in [4.69, 9.17) is 0 Å². The first kappa shape index (κ1) is 13.9. The van der Waals surface area contributed by atoms with Crippen LogP contribution in [0.2, 0.25) is 0 Å². The lowest BCUT2D eigenvalue weighted by Gasteiger charge is -2.37. The SMILES string of the molecule is N#Cc1ccc(NC2(CO)CCCCC2)c2ccccc12. The lowest BCUT2D eigenvalue weighted by atomic mass is 9.82. The maximum atomic E-state index is 9.86. The van der Waals surface area contributed by atoms with E-state index in [9.17, 15) is 10.4 Å². The number of nitrogens with zero attached hydrogens (tertiary/aromatic N) is 1. The first-order valence-electron chi connectivity index (χ1n) is 7.59. The fourth-order valence-corrected chi connectivity index (χ4v) is 3.34. The lowest BCUT2D eigenvalue weighted by molar-refractivity contribution is 0.173. The summed E-state index contributed by atoms with van der Waals surface area (Å²) in [6.45, 7) is 0.154. The molecule has 0 spiro atoms. The fraction of sp³-hybridized carbons (Fsp3) is 0.389. The van der Waals surface area contributed by atoms with E-state index in [2.05, 4.69) is 11.4 Å². The van der Waals surface area contributed by atoms with Crippen molar-refractivity contribution in [3.8, 4) is 6.07 Å². The molecule has 1 fully saturated rings. The van der Waals surface area contributed by atoms with Crippen LogP contribution in [0.1, 0.15) is 37.7 Å². The summed E-state index contributed by atoms with van der Waals surface area (Å²) in [5, 5.41) is 24.7. The number of benzene rings is 2. The molecule has 0 atom stereocenters. The molecule has 1 aliphatic carbocycles. The second kappa shape index (κ2) is 5.75. The summed E-state index contributed by atoms with van der Waals surface area (Å²) < 4.78 is 0. The Kier molecular flexibility index (Phi) is 3.81. The van der Waals surface area contributed by atoms with Crippen LogP contribution >= 0.6 is 0 Å². The van der Waals surface area contributed by atoms with Gasteiger partial charge in [-0.15, -0.1) is 0 Å². The molecule has 0 unspecified atom stereocenters. The Morgan fingerprint density at radius 2 is 1.76 bits per heavy atom. The predicted molar refractivity (Wildman–Crippen MR) is 85.2 cm³/mol. The third-order valence-electron chi connectivity index (χ3n) is 4.56. The Balaban J connectivity index is 2.03. The molecular formula is C18H20N2O. The molecule has 0 aliphatic heterocycles. The van der Waals surface area contributed by atoms with Crippen LogP contribution in [-0.2, 0) is 0 Å². The van der Waals surface area contributed by atoms with Gasteiger partial charge in [-0.05, 0) is 25.0 Å². The van der Waals surface area contributed by atoms with Crippen molar-refractivity contribution < 1.29 is 5.11 Å². The van der Waals surface area contributed by atoms with Crippen molar-refractivity contribution >= 4 is 16.5 Å². The van der Waals surface area contributed by atoms with E-state index in [1.54, 1.807) is 0 Å². The Bertz CT molecular complexity index is 681. The summed E-state index contributed by atoms with van der Waals surface area (Å²) in [7, 11) is 0. The largest absolute Gasteiger partial charge is 0.394 e. The van der Waals surface area contributed by atoms with Crippen LogP contribution in [0, 0.1) is 11.3 Å². The van der Waals surface area contributed by atoms with Crippen LogP contribution in [0.4, 0.5) is 5.69 Å². The summed E-state index contributed by atoms with van der Waals surface area (Å²) in [5.41, 5.74) is 1.49. The molecule has 2 N–H and O–H groups in total. The molecule has 0 saturated heterocycles. The van der Waals surface area contributed by atoms with Crippen molar-refractivity contribution in [3.05, 3.63) is 42.0 Å². The van der Waals surface area contributed by atoms with Gasteiger partial charge in [0.2, 0.25) is 0 Å². The first-order valence-corrected chi connectivity index (χ1v) is 7.59. The van der Waals surface area contributed by atoms with Crippen LogP contribution < -0.4 is 5.32 Å². The van der Waals surface area contributed by atoms with Crippen LogP contribution in [0.3, 0.4) is 0 Å². The van der Waals surface area contributed by atoms with Crippen molar-refractivity contribution in [3.63, 3.8) is 0 Å². The Morgan fingerprint density at radius 3 is 2.43 bits per heavy atom. The monoisotopic (exact) mass is 280 g/mol. The third kappa shape index (κ3) is 2.59. The van der Waals surface area contributed by atoms with Crippen molar-refractivity contribution in [2.24, 2.45) is 0 Å². The molecule has 2 aromatic rings. The van der Waals surface area contributed by atoms with Gasteiger partial charge in [0.15, 0.2) is 0 Å². The van der Waals surface area contributed by atoms with Crippen molar-refractivity contribution in [1.82, 2.24) is 0 Å². The zero-order valence-corrected chi connectivity index (χ0v) is 12.1. The van der Waals surface area contributed by atoms with Crippen LogP contribution in [-0.4, -0.2) is 17.3 Å². The number of aliphatic hydroxyl groups excluding tert-OH is 1. The van der Waals surface area contributed by atoms with Crippen molar-refractivity contribution in [2.45, 2.75) is 37.6 Å². The van der Waals surface area contributed by atoms with Gasteiger partial charge in [-0.1, -0.05) is 43.5 Å². The van der Waals surface area contributed by atoms with Gasteiger partial charge in [0.25, 0.3) is 0 Å². The molecule has 1 aliphatic rings. The van der Waals surface area contributed by atoms with Gasteiger partial charge in [0.1, 0.15) is 0 Å². The maximum Gasteiger partial charge on any atom is 0.0998 e. The molecule has 1 saturated carbocycles. The smallest absolute Gasteiger partial charge is 0.0998 e. The average Bonchev–Trinajstić information content (AvgIpc) is 2.56. The Morgan fingerprint density at radius 1 is 1.05 bits per heavy atom. The van der Waals surface area contributed by atoms with Gasteiger partial charge in [-0.3, -0.25) is 0 Å². The normalized spacial score (nSPS) is 17.3. The summed E-state index contributed by atoms with van der Waals surface area (Å²) >= 11 is 0. The molecule has 3 heteroatoms. The highest BCUT2D eigenvalue weighted by Gasteiger charge is 2.31. The maximum absolute atomic E-state index is 9.86. The van der Waals surface area contributed by atoms with Crippen LogP contribution in [0.25, 0.3) is 10.8 Å². The van der Waals surface area contributed by atoms with Gasteiger partial charge < -0.3 is 10.4 Å². The zero-order valence-electron chi connectivity index (χ0n) is 12.1. The molecule has 0 bridgehead atoms. The van der Waals surface area contributed by atoms with E-state index >= 15 is 0 Å². The highest BCUT2D eigenvalue weighted by molar-refractivity contribution is 5.97. The second-order valence-electron chi connectivity index (χ2n) is 5.94. The molecule has 0 radical (unpaired) electrons. The van der Waals surface area contributed by atoms with Crippen LogP contribution in [0.15, 0.2) is 36.4 Å². The highest BCUT2D eigenvalue weighted by Crippen LogP contribution is 2.34. The minimum atomic E-state index is -0.213. The average molecular weight is 280 g/mol. The summed E-state index contributed by atoms with van der Waals surface area (Å²) in [5.74, 6) is 0. The Labute approximate surface area is 125 Å². The molecule has 0 aromatic heterocycles. The molecule has 2 aromatic carbocycles. The van der Waals surface area contributed by atoms with Gasteiger partial charge in [0, 0.05) is 16.5 Å². The molecular weight excluding hydrogens is 260 g/mol. The van der Waals surface area contributed by atoms with Gasteiger partial charge >= 0.3 is 0 Å². The minimum absolute atomic E-state index is 0.154. The van der Waals surface area contributed by atoms with E-state index in [1.807, 2.05) is 36.4 Å². The lowest BCUT2D eigenvalue weighted by Crippen LogP contribution is -2.43. The number of nitrogens with one attached hydrogen (secondary N) is 1. The highest BCUT2D eigenvalue weighted by atomic mass is 16.3. The van der Waals surface area contributed by atoms with Gasteiger partial charge in [-0.25, -0.2) is 0 Å². The number of rotatable bonds is 3. The topological polar surface area (TPSA) is 56.0 Å². The van der Waals surface area contributed by atoms with E-state index in [-0.39, 0.29) is 12.1 Å². The number of hydrogen-bond acceptors (Lipinski definition) is 3. The molecule has 0 amide bonds. The Hall–Kier alpha value is -2.05. The number of anilines is 1. The van der Waals surface area contributed by atoms with Crippen molar-refractivity contribution in [2.75, 3.05) is 11.9 Å². The van der Waals surface area contributed by atoms with Crippen LogP contribution in [0.5, 0.6) is 0 Å². The van der Waals surface area contributed by atoms with Gasteiger partial charge in [-0.2, -0.15) is 5.26 Å². The molecule has 0 heterocycles. The number of aliphatic hydroxyl groups is 1. The zero-order chi connectivity index (χ0) is 14.7. The summed E-state index contributed by atoms with van der Waals surface area (Å²) in [4.78, 5) is 0. The number of fused-ring (bicyclic) bond motifs is 1. The van der Waals surface area contributed by atoms with E-state index in [0.29, 0.717) is 5.56 Å². The standard InChI is InChI=1S/C18H20N2O/c19-12-14-8-9-17(16-7-3-2-6-15(14)16)20-18(13-21)10-4-1-5-11-18/h2-3,6-9,20-21H,1,4-5,10-11,13H2. The van der Waals surface area contributed by atoms with Crippen molar-refractivity contribution in [1.29, 1.82) is 5.26 Å². The summed E-state index contributed by atoms with van der Waals surface area (Å²) in [6, 6.07) is 14.0. The number of hydrogen-bond donors (Lipinski definition) is 2. The summed E-state index contributed by atoms with van der Waals surface area (Å²) in [6.07, 6.45) is 5.55. The second-order valence-corrected chi connectivity index (χ2v) is 5.94. The molecule has 3 rings (SSSR count). The minimum Gasteiger partial charge on any atom is -0.394 e. The molecule has 21 heavy (non-hydrogen) atoms. The third-order valence-corrected chi connectivity index (χ3v) is 4.56. The fourth-order valence-electron chi connectivity index (χ4n) is 3.34. The molecule has 108 valence electrons.